The molecule has 7 nitrogen and oxygen atoms in total. The lowest BCUT2D eigenvalue weighted by Gasteiger charge is -2.13. The van der Waals surface area contributed by atoms with Crippen LogP contribution in [-0.2, 0) is 11.2 Å². The van der Waals surface area contributed by atoms with Crippen molar-refractivity contribution in [2.45, 2.75) is 6.42 Å². The molecule has 34 heavy (non-hydrogen) atoms. The van der Waals surface area contributed by atoms with Crippen molar-refractivity contribution < 1.29 is 9.53 Å². The Morgan fingerprint density at radius 1 is 0.941 bits per heavy atom. The van der Waals surface area contributed by atoms with E-state index in [0.717, 1.165) is 16.7 Å². The van der Waals surface area contributed by atoms with E-state index in [2.05, 4.69) is 15.0 Å². The lowest BCUT2D eigenvalue weighted by Crippen LogP contribution is -2.25. The predicted molar refractivity (Wildman–Crippen MR) is 129 cm³/mol. The Balaban J connectivity index is 1.66. The summed E-state index contributed by atoms with van der Waals surface area (Å²) in [5, 5.41) is 0. The third kappa shape index (κ3) is 4.06. The third-order valence-corrected chi connectivity index (χ3v) is 5.50. The molecule has 0 bridgehead atoms. The van der Waals surface area contributed by atoms with Gasteiger partial charge in [-0.15, -0.1) is 0 Å². The van der Waals surface area contributed by atoms with Gasteiger partial charge < -0.3 is 4.74 Å². The molecule has 0 atom stereocenters. The van der Waals surface area contributed by atoms with Crippen LogP contribution >= 0.6 is 0 Å². The number of benzene rings is 2. The molecule has 7 heteroatoms. The van der Waals surface area contributed by atoms with Gasteiger partial charge in [-0.05, 0) is 59.2 Å². The van der Waals surface area contributed by atoms with Crippen LogP contribution in [0, 0.1) is 0 Å². The number of ether oxygens (including phenoxy) is 1. The minimum Gasteiger partial charge on any atom is -0.465 e. The summed E-state index contributed by atoms with van der Waals surface area (Å²) in [6.07, 6.45) is 5.43. The monoisotopic (exact) mass is 448 g/mol. The van der Waals surface area contributed by atoms with E-state index in [1.807, 2.05) is 48.5 Å². The third-order valence-electron chi connectivity index (χ3n) is 5.50. The average Bonchev–Trinajstić information content (AvgIpc) is 2.89. The van der Waals surface area contributed by atoms with Crippen LogP contribution in [0.4, 0.5) is 0 Å². The van der Waals surface area contributed by atoms with Gasteiger partial charge in [0, 0.05) is 25.0 Å². The molecular weight excluding hydrogens is 428 g/mol. The topological polar surface area (TPSA) is 87.0 Å². The van der Waals surface area contributed by atoms with Gasteiger partial charge in [0.15, 0.2) is 5.65 Å². The Hall–Kier alpha value is -4.65. The number of carbonyl (C=O) groups excluding carboxylic acids is 1. The Labute approximate surface area is 195 Å². The normalized spacial score (nSPS) is 10.9. The molecule has 3 aromatic heterocycles. The zero-order valence-electron chi connectivity index (χ0n) is 18.4. The fourth-order valence-electron chi connectivity index (χ4n) is 3.89. The van der Waals surface area contributed by atoms with Gasteiger partial charge in [0.1, 0.15) is 11.2 Å². The van der Waals surface area contributed by atoms with Crippen molar-refractivity contribution in [2.24, 2.45) is 0 Å². The smallest absolute Gasteiger partial charge is 0.337 e. The molecule has 166 valence electrons. The van der Waals surface area contributed by atoms with Crippen molar-refractivity contribution in [3.05, 3.63) is 119 Å². The molecule has 0 spiro atoms. The predicted octanol–water partition coefficient (Wildman–Crippen LogP) is 4.22. The summed E-state index contributed by atoms with van der Waals surface area (Å²) in [7, 11) is 1.35. The summed E-state index contributed by atoms with van der Waals surface area (Å²) in [6.45, 7) is 0. The molecular formula is C27H20N4O3. The van der Waals surface area contributed by atoms with Crippen molar-refractivity contribution in [3.8, 4) is 16.8 Å². The largest absolute Gasteiger partial charge is 0.465 e. The maximum Gasteiger partial charge on any atom is 0.337 e. The highest BCUT2D eigenvalue weighted by molar-refractivity contribution is 5.91. The van der Waals surface area contributed by atoms with Gasteiger partial charge in [-0.1, -0.05) is 30.3 Å². The number of methoxy groups -OCH3 is 1. The SMILES string of the molecule is COC(=O)c1cccc(-c2cccc(-n3c(=O)c(Cc4cccnc4)nc4cccnc43)c2)c1. The van der Waals surface area contributed by atoms with Crippen LogP contribution in [0.15, 0.2) is 96.2 Å². The molecule has 5 aromatic rings. The Kier molecular flexibility index (Phi) is 5.66. The van der Waals surface area contributed by atoms with E-state index in [1.54, 1.807) is 47.4 Å². The number of carbonyl (C=O) groups is 1. The zero-order chi connectivity index (χ0) is 23.5. The van der Waals surface area contributed by atoms with Crippen molar-refractivity contribution in [2.75, 3.05) is 7.11 Å². The van der Waals surface area contributed by atoms with E-state index in [0.29, 0.717) is 34.5 Å². The van der Waals surface area contributed by atoms with Crippen LogP contribution in [0.3, 0.4) is 0 Å². The quantitative estimate of drug-likeness (QED) is 0.374. The number of hydrogen-bond donors (Lipinski definition) is 0. The van der Waals surface area contributed by atoms with Crippen molar-refractivity contribution >= 4 is 17.1 Å². The summed E-state index contributed by atoms with van der Waals surface area (Å²) in [6, 6.07) is 22.1. The molecule has 3 heterocycles. The van der Waals surface area contributed by atoms with Gasteiger partial charge in [-0.2, -0.15) is 0 Å². The zero-order valence-corrected chi connectivity index (χ0v) is 18.4. The molecule has 0 fully saturated rings. The summed E-state index contributed by atoms with van der Waals surface area (Å²) < 4.78 is 6.43. The Morgan fingerprint density at radius 3 is 2.53 bits per heavy atom. The first-order valence-corrected chi connectivity index (χ1v) is 10.7. The first-order chi connectivity index (χ1) is 16.6. The van der Waals surface area contributed by atoms with E-state index < -0.39 is 5.97 Å². The van der Waals surface area contributed by atoms with E-state index >= 15 is 0 Å². The van der Waals surface area contributed by atoms with Gasteiger partial charge in [0.25, 0.3) is 5.56 Å². The lowest BCUT2D eigenvalue weighted by molar-refractivity contribution is 0.0601. The summed E-state index contributed by atoms with van der Waals surface area (Å²) in [4.78, 5) is 38.8. The molecule has 0 N–H and O–H groups in total. The number of pyridine rings is 2. The van der Waals surface area contributed by atoms with Crippen molar-refractivity contribution in [3.63, 3.8) is 0 Å². The second kappa shape index (κ2) is 9.07. The molecule has 2 aromatic carbocycles. The molecule has 5 rings (SSSR count). The standard InChI is InChI=1S/C27H20N4O3/c1-34-27(33)21-9-2-7-19(15-21)20-8-3-10-22(16-20)31-25-23(11-5-13-29-25)30-24(26(31)32)14-18-6-4-12-28-17-18/h2-13,15-17H,14H2,1H3. The molecule has 0 aliphatic rings. The number of rotatable bonds is 5. The second-order valence-electron chi connectivity index (χ2n) is 7.71. The fraction of sp³-hybridized carbons (Fsp3) is 0.0741. The average molecular weight is 448 g/mol. The van der Waals surface area contributed by atoms with E-state index in [-0.39, 0.29) is 5.56 Å². The first-order valence-electron chi connectivity index (χ1n) is 10.7. The molecule has 0 unspecified atom stereocenters. The number of hydrogen-bond acceptors (Lipinski definition) is 6. The van der Waals surface area contributed by atoms with E-state index in [9.17, 15) is 9.59 Å². The lowest BCUT2D eigenvalue weighted by atomic mass is 10.0. The Bertz CT molecular complexity index is 1560. The van der Waals surface area contributed by atoms with Crippen LogP contribution in [-0.4, -0.2) is 32.6 Å². The number of fused-ring (bicyclic) bond motifs is 1. The van der Waals surface area contributed by atoms with Crippen molar-refractivity contribution in [1.82, 2.24) is 19.5 Å². The number of nitrogens with zero attached hydrogens (tertiary/aromatic N) is 4. The molecule has 0 aliphatic carbocycles. The molecule has 0 saturated carbocycles. The van der Waals surface area contributed by atoms with Crippen LogP contribution in [0.2, 0.25) is 0 Å². The van der Waals surface area contributed by atoms with Gasteiger partial charge in [-0.3, -0.25) is 14.3 Å². The minimum absolute atomic E-state index is 0.240. The van der Waals surface area contributed by atoms with Gasteiger partial charge >= 0.3 is 5.97 Å². The van der Waals surface area contributed by atoms with Gasteiger partial charge in [-0.25, -0.2) is 14.8 Å². The van der Waals surface area contributed by atoms with Crippen LogP contribution in [0.5, 0.6) is 0 Å². The summed E-state index contributed by atoms with van der Waals surface area (Å²) in [5.74, 6) is -0.404. The highest BCUT2D eigenvalue weighted by Gasteiger charge is 2.15. The number of esters is 1. The van der Waals surface area contributed by atoms with Crippen molar-refractivity contribution in [1.29, 1.82) is 0 Å². The van der Waals surface area contributed by atoms with E-state index in [1.165, 1.54) is 7.11 Å². The van der Waals surface area contributed by atoms with E-state index in [4.69, 9.17) is 4.74 Å². The van der Waals surface area contributed by atoms with Crippen LogP contribution in [0.25, 0.3) is 28.0 Å². The first kappa shape index (κ1) is 21.2. The van der Waals surface area contributed by atoms with Gasteiger partial charge in [0.2, 0.25) is 0 Å². The maximum atomic E-state index is 13.6. The summed E-state index contributed by atoms with van der Waals surface area (Å²) in [5.41, 5.74) is 4.96. The second-order valence-corrected chi connectivity index (χ2v) is 7.71. The fourth-order valence-corrected chi connectivity index (χ4v) is 3.89. The van der Waals surface area contributed by atoms with Gasteiger partial charge in [0.05, 0.1) is 18.4 Å². The number of aromatic nitrogens is 4. The highest BCUT2D eigenvalue weighted by atomic mass is 16.5. The van der Waals surface area contributed by atoms with Crippen LogP contribution in [0.1, 0.15) is 21.6 Å². The molecule has 0 saturated heterocycles. The molecule has 0 radical (unpaired) electrons. The summed E-state index contributed by atoms with van der Waals surface area (Å²) >= 11 is 0. The Morgan fingerprint density at radius 2 is 1.74 bits per heavy atom. The minimum atomic E-state index is -0.404. The molecule has 0 aliphatic heterocycles. The highest BCUT2D eigenvalue weighted by Crippen LogP contribution is 2.24. The maximum absolute atomic E-state index is 13.6. The van der Waals surface area contributed by atoms with Crippen LogP contribution < -0.4 is 5.56 Å². The molecule has 0 amide bonds.